The average Bonchev–Trinajstić information content (AvgIpc) is 2.44. The molecule has 0 atom stereocenters. The summed E-state index contributed by atoms with van der Waals surface area (Å²) in [5.74, 6) is -0.992. The number of rotatable bonds is 9. The number of unbranched alkanes of at least 4 members (excludes halogenated alkanes) is 1. The molecule has 0 radical (unpaired) electrons. The highest BCUT2D eigenvalue weighted by molar-refractivity contribution is 5.92. The number of carboxylic acids is 1. The minimum absolute atomic E-state index is 0.0376. The molecular weight excluding hydrogens is 268 g/mol. The fraction of sp³-hybridized carbons (Fsp3) is 0.500. The molecule has 0 unspecified atom stereocenters. The maximum Gasteiger partial charge on any atom is 0.304 e. The summed E-state index contributed by atoms with van der Waals surface area (Å²) in [7, 11) is 1.73. The summed E-state index contributed by atoms with van der Waals surface area (Å²) in [6.07, 6.45) is 3.43. The Labute approximate surface area is 126 Å². The van der Waals surface area contributed by atoms with Gasteiger partial charge < -0.3 is 10.4 Å². The van der Waals surface area contributed by atoms with Crippen LogP contribution in [0.15, 0.2) is 24.3 Å². The van der Waals surface area contributed by atoms with E-state index in [4.69, 9.17) is 5.11 Å². The van der Waals surface area contributed by atoms with Crippen molar-refractivity contribution in [1.29, 1.82) is 0 Å². The van der Waals surface area contributed by atoms with Gasteiger partial charge in [0.2, 0.25) is 5.91 Å². The molecule has 5 nitrogen and oxygen atoms in total. The molecule has 1 aromatic carbocycles. The number of amides is 1. The van der Waals surface area contributed by atoms with Gasteiger partial charge in [0.1, 0.15) is 0 Å². The van der Waals surface area contributed by atoms with E-state index in [1.807, 2.05) is 24.3 Å². The van der Waals surface area contributed by atoms with Crippen LogP contribution in [0.1, 0.15) is 31.7 Å². The number of carboxylic acid groups (broad SMARTS) is 1. The molecule has 5 heteroatoms. The minimum atomic E-state index is -0.857. The van der Waals surface area contributed by atoms with Crippen LogP contribution in [-0.2, 0) is 16.0 Å². The van der Waals surface area contributed by atoms with Crippen LogP contribution >= 0.6 is 0 Å². The Hall–Kier alpha value is -1.88. The lowest BCUT2D eigenvalue weighted by Gasteiger charge is -2.15. The highest BCUT2D eigenvalue weighted by Gasteiger charge is 2.08. The Morgan fingerprint density at radius 2 is 1.90 bits per heavy atom. The smallest absolute Gasteiger partial charge is 0.304 e. The molecule has 116 valence electrons. The number of aryl methyl sites for hydroxylation is 1. The molecule has 0 bridgehead atoms. The van der Waals surface area contributed by atoms with Crippen LogP contribution in [0.4, 0.5) is 5.69 Å². The monoisotopic (exact) mass is 292 g/mol. The van der Waals surface area contributed by atoms with Gasteiger partial charge in [0.25, 0.3) is 0 Å². The molecule has 0 aliphatic rings. The number of aliphatic carboxylic acids is 1. The van der Waals surface area contributed by atoms with Gasteiger partial charge in [-0.25, -0.2) is 0 Å². The van der Waals surface area contributed by atoms with E-state index in [0.717, 1.165) is 12.1 Å². The van der Waals surface area contributed by atoms with E-state index in [1.165, 1.54) is 18.4 Å². The highest BCUT2D eigenvalue weighted by Crippen LogP contribution is 2.11. The number of anilines is 1. The summed E-state index contributed by atoms with van der Waals surface area (Å²) < 4.78 is 0. The molecule has 1 rings (SSSR count). The Morgan fingerprint density at radius 3 is 2.48 bits per heavy atom. The van der Waals surface area contributed by atoms with E-state index in [1.54, 1.807) is 11.9 Å². The van der Waals surface area contributed by atoms with Gasteiger partial charge in [-0.15, -0.1) is 0 Å². The summed E-state index contributed by atoms with van der Waals surface area (Å²) in [6, 6.07) is 7.86. The zero-order valence-corrected chi connectivity index (χ0v) is 12.8. The maximum absolute atomic E-state index is 11.8. The van der Waals surface area contributed by atoms with Gasteiger partial charge in [0, 0.05) is 12.2 Å². The summed E-state index contributed by atoms with van der Waals surface area (Å²) in [5, 5.41) is 11.4. The second-order valence-electron chi connectivity index (χ2n) is 5.23. The Balaban J connectivity index is 2.38. The van der Waals surface area contributed by atoms with Crippen molar-refractivity contribution in [3.8, 4) is 0 Å². The first kappa shape index (κ1) is 17.2. The first-order chi connectivity index (χ1) is 10.0. The molecule has 0 spiro atoms. The van der Waals surface area contributed by atoms with Crippen molar-refractivity contribution in [2.45, 2.75) is 32.6 Å². The molecule has 0 aliphatic heterocycles. The van der Waals surface area contributed by atoms with Crippen molar-refractivity contribution < 1.29 is 14.7 Å². The normalized spacial score (nSPS) is 10.6. The van der Waals surface area contributed by atoms with E-state index in [-0.39, 0.29) is 18.9 Å². The molecule has 2 N–H and O–H groups in total. The lowest BCUT2D eigenvalue weighted by molar-refractivity contribution is -0.137. The summed E-state index contributed by atoms with van der Waals surface area (Å²) in [6.45, 7) is 2.71. The summed E-state index contributed by atoms with van der Waals surface area (Å²) in [4.78, 5) is 24.0. The topological polar surface area (TPSA) is 69.6 Å². The second kappa shape index (κ2) is 9.13. The average molecular weight is 292 g/mol. The quantitative estimate of drug-likeness (QED) is 0.733. The molecule has 0 saturated heterocycles. The van der Waals surface area contributed by atoms with Gasteiger partial charge in [0.05, 0.1) is 13.0 Å². The fourth-order valence-electron chi connectivity index (χ4n) is 1.95. The lowest BCUT2D eigenvalue weighted by Crippen LogP contribution is -2.31. The molecule has 0 fully saturated rings. The van der Waals surface area contributed by atoms with Crippen LogP contribution in [0.2, 0.25) is 0 Å². The van der Waals surface area contributed by atoms with E-state index < -0.39 is 5.97 Å². The van der Waals surface area contributed by atoms with Crippen LogP contribution in [0, 0.1) is 0 Å². The largest absolute Gasteiger partial charge is 0.481 e. The molecule has 0 heterocycles. The van der Waals surface area contributed by atoms with Crippen molar-refractivity contribution in [3.63, 3.8) is 0 Å². The summed E-state index contributed by atoms with van der Waals surface area (Å²) >= 11 is 0. The third kappa shape index (κ3) is 7.46. The molecule has 21 heavy (non-hydrogen) atoms. The summed E-state index contributed by atoms with van der Waals surface area (Å²) in [5.41, 5.74) is 2.04. The van der Waals surface area contributed by atoms with Crippen LogP contribution in [0.25, 0.3) is 0 Å². The number of benzene rings is 1. The molecule has 1 aromatic rings. The highest BCUT2D eigenvalue weighted by atomic mass is 16.4. The third-order valence-corrected chi connectivity index (χ3v) is 3.18. The van der Waals surface area contributed by atoms with Crippen LogP contribution in [0.3, 0.4) is 0 Å². The Bertz CT molecular complexity index is 457. The van der Waals surface area contributed by atoms with Gasteiger partial charge in [-0.1, -0.05) is 25.5 Å². The van der Waals surface area contributed by atoms with E-state index >= 15 is 0 Å². The van der Waals surface area contributed by atoms with Gasteiger partial charge in [-0.2, -0.15) is 0 Å². The Kier molecular flexibility index (Phi) is 7.46. The van der Waals surface area contributed by atoms with Crippen molar-refractivity contribution in [1.82, 2.24) is 4.90 Å². The van der Waals surface area contributed by atoms with Crippen LogP contribution in [-0.4, -0.2) is 42.0 Å². The van der Waals surface area contributed by atoms with E-state index in [2.05, 4.69) is 12.2 Å². The van der Waals surface area contributed by atoms with Crippen molar-refractivity contribution >= 4 is 17.6 Å². The van der Waals surface area contributed by atoms with E-state index in [0.29, 0.717) is 6.54 Å². The molecular formula is C16H24N2O3. The number of nitrogens with one attached hydrogen (secondary N) is 1. The predicted molar refractivity (Wildman–Crippen MR) is 83.4 cm³/mol. The number of hydrogen-bond acceptors (Lipinski definition) is 3. The van der Waals surface area contributed by atoms with Gasteiger partial charge >= 0.3 is 5.97 Å². The number of likely N-dealkylation sites (N-methyl/N-ethyl adjacent to an activating group) is 1. The molecule has 1 amide bonds. The SMILES string of the molecule is CCCCc1ccc(NC(=O)CN(C)CCC(=O)O)cc1. The zero-order chi connectivity index (χ0) is 15.7. The first-order valence-electron chi connectivity index (χ1n) is 7.30. The lowest BCUT2D eigenvalue weighted by atomic mass is 10.1. The Morgan fingerprint density at radius 1 is 1.24 bits per heavy atom. The predicted octanol–water partition coefficient (Wildman–Crippen LogP) is 2.37. The fourth-order valence-corrected chi connectivity index (χ4v) is 1.95. The van der Waals surface area contributed by atoms with Gasteiger partial charge in [0.15, 0.2) is 0 Å². The number of hydrogen-bond donors (Lipinski definition) is 2. The van der Waals surface area contributed by atoms with Gasteiger partial charge in [-0.05, 0) is 37.6 Å². The number of nitrogens with zero attached hydrogens (tertiary/aromatic N) is 1. The van der Waals surface area contributed by atoms with Crippen molar-refractivity contribution in [3.05, 3.63) is 29.8 Å². The number of carbonyl (C=O) groups excluding carboxylic acids is 1. The molecule has 0 aromatic heterocycles. The van der Waals surface area contributed by atoms with Crippen molar-refractivity contribution in [2.24, 2.45) is 0 Å². The standard InChI is InChI=1S/C16H24N2O3/c1-3-4-5-13-6-8-14(9-7-13)17-15(19)12-18(2)11-10-16(20)21/h6-9H,3-5,10-12H2,1-2H3,(H,17,19)(H,20,21). The van der Waals surface area contributed by atoms with Crippen LogP contribution in [0.5, 0.6) is 0 Å². The van der Waals surface area contributed by atoms with Crippen LogP contribution < -0.4 is 5.32 Å². The number of carbonyl (C=O) groups is 2. The third-order valence-electron chi connectivity index (χ3n) is 3.18. The van der Waals surface area contributed by atoms with Crippen molar-refractivity contribution in [2.75, 3.05) is 25.5 Å². The second-order valence-corrected chi connectivity index (χ2v) is 5.23. The molecule has 0 saturated carbocycles. The zero-order valence-electron chi connectivity index (χ0n) is 12.8. The minimum Gasteiger partial charge on any atom is -0.481 e. The molecule has 0 aliphatic carbocycles. The maximum atomic E-state index is 11.8. The first-order valence-corrected chi connectivity index (χ1v) is 7.30. The van der Waals surface area contributed by atoms with E-state index in [9.17, 15) is 9.59 Å². The van der Waals surface area contributed by atoms with Gasteiger partial charge in [-0.3, -0.25) is 14.5 Å².